The van der Waals surface area contributed by atoms with Crippen molar-refractivity contribution < 1.29 is 13.2 Å². The van der Waals surface area contributed by atoms with E-state index in [4.69, 9.17) is 0 Å². The predicted molar refractivity (Wildman–Crippen MR) is 94.0 cm³/mol. The Balaban J connectivity index is 1.68. The molecule has 1 aliphatic heterocycles. The van der Waals surface area contributed by atoms with Gasteiger partial charge in [0.25, 0.3) is 5.91 Å². The number of pyridine rings is 1. The zero-order chi connectivity index (χ0) is 17.2. The molecular weight excluding hydrogens is 326 g/mol. The van der Waals surface area contributed by atoms with Crippen molar-refractivity contribution in [3.05, 3.63) is 24.0 Å². The number of carbonyl (C=O) groups is 1. The number of nitrogens with zero attached hydrogens (tertiary/aromatic N) is 2. The van der Waals surface area contributed by atoms with Gasteiger partial charge in [0.1, 0.15) is 0 Å². The molecule has 1 saturated heterocycles. The molecule has 1 atom stereocenters. The molecule has 132 valence electrons. The third kappa shape index (κ3) is 4.06. The molecule has 0 spiro atoms. The Kier molecular flexibility index (Phi) is 5.08. The minimum absolute atomic E-state index is 0.0477. The third-order valence-corrected chi connectivity index (χ3v) is 6.84. The molecule has 1 amide bonds. The van der Waals surface area contributed by atoms with E-state index in [2.05, 4.69) is 10.3 Å². The van der Waals surface area contributed by atoms with Gasteiger partial charge < -0.3 is 10.2 Å². The molecule has 0 aromatic carbocycles. The van der Waals surface area contributed by atoms with E-state index in [1.807, 2.05) is 11.9 Å². The minimum atomic E-state index is -2.94. The smallest absolute Gasteiger partial charge is 0.253 e. The average molecular weight is 351 g/mol. The summed E-state index contributed by atoms with van der Waals surface area (Å²) < 4.78 is 23.3. The normalized spacial score (nSPS) is 23.8. The second-order valence-electron chi connectivity index (χ2n) is 6.91. The summed E-state index contributed by atoms with van der Waals surface area (Å²) in [6.07, 6.45) is 9.54. The van der Waals surface area contributed by atoms with Crippen molar-refractivity contribution in [3.63, 3.8) is 0 Å². The quantitative estimate of drug-likeness (QED) is 0.894. The molecular formula is C17H25N3O3S. The molecule has 7 heteroatoms. The van der Waals surface area contributed by atoms with E-state index in [9.17, 15) is 13.2 Å². The lowest BCUT2D eigenvalue weighted by Crippen LogP contribution is -2.36. The van der Waals surface area contributed by atoms with E-state index in [1.165, 1.54) is 19.3 Å². The molecule has 1 aromatic heterocycles. The summed E-state index contributed by atoms with van der Waals surface area (Å²) in [6, 6.07) is 2.01. The summed E-state index contributed by atoms with van der Waals surface area (Å²) in [5.41, 5.74) is 1.32. The Labute approximate surface area is 143 Å². The van der Waals surface area contributed by atoms with Gasteiger partial charge in [-0.15, -0.1) is 0 Å². The number of rotatable bonds is 4. The largest absolute Gasteiger partial charge is 0.369 e. The Morgan fingerprint density at radius 3 is 2.62 bits per heavy atom. The predicted octanol–water partition coefficient (Wildman–Crippen LogP) is 1.77. The van der Waals surface area contributed by atoms with Gasteiger partial charge in [-0.1, -0.05) is 19.3 Å². The lowest BCUT2D eigenvalue weighted by molar-refractivity contribution is 0.0927. The summed E-state index contributed by atoms with van der Waals surface area (Å²) in [5, 5.41) is 3.09. The molecule has 0 bridgehead atoms. The molecule has 3 rings (SSSR count). The molecule has 1 aromatic rings. The lowest BCUT2D eigenvalue weighted by atomic mass is 9.95. The highest BCUT2D eigenvalue weighted by Gasteiger charge is 2.31. The number of hydrogen-bond donors (Lipinski definition) is 1. The molecule has 1 saturated carbocycles. The summed E-state index contributed by atoms with van der Waals surface area (Å²) in [7, 11) is -1.07. The molecule has 24 heavy (non-hydrogen) atoms. The van der Waals surface area contributed by atoms with Crippen LogP contribution in [0.25, 0.3) is 0 Å². The van der Waals surface area contributed by atoms with Gasteiger partial charge in [-0.3, -0.25) is 9.78 Å². The number of hydrogen-bond acceptors (Lipinski definition) is 5. The Hall–Kier alpha value is -1.63. The molecule has 6 nitrogen and oxygen atoms in total. The highest BCUT2D eigenvalue weighted by molar-refractivity contribution is 7.91. The summed E-state index contributed by atoms with van der Waals surface area (Å²) in [6.45, 7) is 0. The van der Waals surface area contributed by atoms with E-state index in [-0.39, 0.29) is 29.5 Å². The molecule has 1 unspecified atom stereocenters. The fourth-order valence-corrected chi connectivity index (χ4v) is 5.33. The van der Waals surface area contributed by atoms with Crippen LogP contribution in [0, 0.1) is 0 Å². The van der Waals surface area contributed by atoms with Crippen LogP contribution in [0.15, 0.2) is 18.5 Å². The van der Waals surface area contributed by atoms with Crippen LogP contribution in [-0.2, 0) is 9.84 Å². The standard InChI is InChI=1S/C17H25N3O3S/c1-20(15-7-8-24(22,23)12-15)16-9-13(10-18-11-16)17(21)19-14-5-3-2-4-6-14/h9-11,14-15H,2-8,12H2,1H3,(H,19,21). The van der Waals surface area contributed by atoms with Gasteiger partial charge in [-0.2, -0.15) is 0 Å². The first kappa shape index (κ1) is 17.2. The van der Waals surface area contributed by atoms with E-state index >= 15 is 0 Å². The van der Waals surface area contributed by atoms with Gasteiger partial charge >= 0.3 is 0 Å². The number of carbonyl (C=O) groups excluding carboxylic acids is 1. The fraction of sp³-hybridized carbons (Fsp3) is 0.647. The maximum absolute atomic E-state index is 12.4. The Morgan fingerprint density at radius 2 is 1.96 bits per heavy atom. The maximum atomic E-state index is 12.4. The van der Waals surface area contributed by atoms with Crippen molar-refractivity contribution in [1.82, 2.24) is 10.3 Å². The van der Waals surface area contributed by atoms with Gasteiger partial charge in [-0.25, -0.2) is 8.42 Å². The van der Waals surface area contributed by atoms with E-state index in [0.717, 1.165) is 18.5 Å². The van der Waals surface area contributed by atoms with Crippen molar-refractivity contribution >= 4 is 21.4 Å². The average Bonchev–Trinajstić information content (AvgIpc) is 2.95. The van der Waals surface area contributed by atoms with Gasteiger partial charge in [0.05, 0.1) is 29.0 Å². The fourth-order valence-electron chi connectivity index (χ4n) is 3.55. The topological polar surface area (TPSA) is 79.4 Å². The van der Waals surface area contributed by atoms with Crippen molar-refractivity contribution in [3.8, 4) is 0 Å². The van der Waals surface area contributed by atoms with Crippen LogP contribution in [0.4, 0.5) is 5.69 Å². The molecule has 2 aliphatic rings. The minimum Gasteiger partial charge on any atom is -0.369 e. The number of amides is 1. The Morgan fingerprint density at radius 1 is 1.21 bits per heavy atom. The molecule has 0 radical (unpaired) electrons. The highest BCUT2D eigenvalue weighted by Crippen LogP contribution is 2.23. The first-order valence-corrected chi connectivity index (χ1v) is 10.5. The molecule has 2 fully saturated rings. The van der Waals surface area contributed by atoms with Crippen LogP contribution in [0.1, 0.15) is 48.9 Å². The number of nitrogens with one attached hydrogen (secondary N) is 1. The van der Waals surface area contributed by atoms with Crippen LogP contribution >= 0.6 is 0 Å². The summed E-state index contributed by atoms with van der Waals surface area (Å²) in [5.74, 6) is 0.308. The summed E-state index contributed by atoms with van der Waals surface area (Å²) in [4.78, 5) is 18.5. The number of sulfone groups is 1. The zero-order valence-corrected chi connectivity index (χ0v) is 14.9. The first-order valence-electron chi connectivity index (χ1n) is 8.64. The van der Waals surface area contributed by atoms with Gasteiger partial charge in [-0.05, 0) is 25.3 Å². The molecule has 2 heterocycles. The lowest BCUT2D eigenvalue weighted by Gasteiger charge is -2.26. The van der Waals surface area contributed by atoms with Crippen LogP contribution in [0.3, 0.4) is 0 Å². The van der Waals surface area contributed by atoms with Gasteiger partial charge in [0.15, 0.2) is 9.84 Å². The zero-order valence-electron chi connectivity index (χ0n) is 14.1. The highest BCUT2D eigenvalue weighted by atomic mass is 32.2. The monoisotopic (exact) mass is 351 g/mol. The van der Waals surface area contributed by atoms with Crippen molar-refractivity contribution in [2.24, 2.45) is 0 Å². The van der Waals surface area contributed by atoms with Gasteiger partial charge in [0.2, 0.25) is 0 Å². The van der Waals surface area contributed by atoms with E-state index in [1.54, 1.807) is 18.5 Å². The number of anilines is 1. The maximum Gasteiger partial charge on any atom is 0.253 e. The Bertz CT molecular complexity index is 699. The number of aromatic nitrogens is 1. The van der Waals surface area contributed by atoms with Crippen LogP contribution < -0.4 is 10.2 Å². The third-order valence-electron chi connectivity index (χ3n) is 5.09. The van der Waals surface area contributed by atoms with Gasteiger partial charge in [0, 0.05) is 25.3 Å². The van der Waals surface area contributed by atoms with Crippen LogP contribution in [0.2, 0.25) is 0 Å². The second-order valence-corrected chi connectivity index (χ2v) is 9.14. The van der Waals surface area contributed by atoms with E-state index < -0.39 is 9.84 Å². The SMILES string of the molecule is CN(c1cncc(C(=O)NC2CCCCC2)c1)C1CCS(=O)(=O)C1. The van der Waals surface area contributed by atoms with E-state index in [0.29, 0.717) is 12.0 Å². The van der Waals surface area contributed by atoms with Crippen LogP contribution in [0.5, 0.6) is 0 Å². The molecule has 1 aliphatic carbocycles. The first-order chi connectivity index (χ1) is 11.4. The second kappa shape index (κ2) is 7.09. The van der Waals surface area contributed by atoms with Crippen LogP contribution in [-0.4, -0.2) is 49.9 Å². The summed E-state index contributed by atoms with van der Waals surface area (Å²) >= 11 is 0. The molecule has 1 N–H and O–H groups in total. The van der Waals surface area contributed by atoms with Crippen molar-refractivity contribution in [1.29, 1.82) is 0 Å². The van der Waals surface area contributed by atoms with Crippen molar-refractivity contribution in [2.45, 2.75) is 50.6 Å². The van der Waals surface area contributed by atoms with Crippen molar-refractivity contribution in [2.75, 3.05) is 23.5 Å².